The Kier molecular flexibility index (Phi) is 11.4. The Labute approximate surface area is 184 Å². The van der Waals surface area contributed by atoms with Crippen molar-refractivity contribution in [2.45, 2.75) is 103 Å². The summed E-state index contributed by atoms with van der Waals surface area (Å²) in [6, 6.07) is 7.67. The normalized spacial score (nSPS) is 19.4. The highest BCUT2D eigenvalue weighted by atomic mass is 19.4. The molecule has 0 unspecified atom stereocenters. The van der Waals surface area contributed by atoms with Crippen LogP contribution in [0.4, 0.5) is 13.2 Å². The minimum Gasteiger partial charge on any atom is -0.426 e. The number of hydrogen-bond acceptors (Lipinski definition) is 3. The van der Waals surface area contributed by atoms with E-state index in [9.17, 15) is 18.0 Å². The topological polar surface area (TPSA) is 35.5 Å². The maximum absolute atomic E-state index is 12.4. The number of halogens is 3. The minimum atomic E-state index is -4.31. The van der Waals surface area contributed by atoms with E-state index >= 15 is 0 Å². The number of aryl methyl sites for hydroxylation is 1. The molecule has 0 heterocycles. The molecule has 0 saturated heterocycles. The van der Waals surface area contributed by atoms with Crippen LogP contribution in [0.25, 0.3) is 0 Å². The lowest BCUT2D eigenvalue weighted by Gasteiger charge is -2.27. The molecule has 0 aromatic heterocycles. The van der Waals surface area contributed by atoms with Gasteiger partial charge < -0.3 is 9.47 Å². The number of hydrogen-bond donors (Lipinski definition) is 0. The molecule has 3 nitrogen and oxygen atoms in total. The zero-order valence-corrected chi connectivity index (χ0v) is 18.7. The third kappa shape index (κ3) is 11.0. The SMILES string of the molecule is CCCCCCCCCCc1ccc(OC(=O)[C@H]2CC[C@H](OCC(F)(F)F)CC2)cc1. The predicted molar refractivity (Wildman–Crippen MR) is 116 cm³/mol. The predicted octanol–water partition coefficient (Wildman–Crippen LogP) is 7.41. The number of esters is 1. The largest absolute Gasteiger partial charge is 0.426 e. The van der Waals surface area contributed by atoms with Gasteiger partial charge in [0.2, 0.25) is 0 Å². The Hall–Kier alpha value is -1.56. The third-order valence-electron chi connectivity index (χ3n) is 5.95. The highest BCUT2D eigenvalue weighted by molar-refractivity contribution is 5.75. The van der Waals surface area contributed by atoms with Crippen LogP contribution >= 0.6 is 0 Å². The number of alkyl halides is 3. The molecule has 0 N–H and O–H groups in total. The van der Waals surface area contributed by atoms with Crippen LogP contribution in [0.5, 0.6) is 5.75 Å². The summed E-state index contributed by atoms with van der Waals surface area (Å²) in [5.41, 5.74) is 1.24. The van der Waals surface area contributed by atoms with Crippen molar-refractivity contribution in [3.05, 3.63) is 29.8 Å². The summed E-state index contributed by atoms with van der Waals surface area (Å²) in [5, 5.41) is 0. The summed E-state index contributed by atoms with van der Waals surface area (Å²) in [4.78, 5) is 12.4. The van der Waals surface area contributed by atoms with Crippen LogP contribution in [-0.4, -0.2) is 24.9 Å². The molecule has 1 aromatic carbocycles. The van der Waals surface area contributed by atoms with Gasteiger partial charge in [0.25, 0.3) is 0 Å². The molecule has 1 aliphatic carbocycles. The highest BCUT2D eigenvalue weighted by Gasteiger charge is 2.32. The molecule has 0 aliphatic heterocycles. The van der Waals surface area contributed by atoms with Crippen molar-refractivity contribution in [2.75, 3.05) is 6.61 Å². The van der Waals surface area contributed by atoms with E-state index < -0.39 is 18.9 Å². The average molecular weight is 443 g/mol. The number of unbranched alkanes of at least 4 members (excludes halogenated alkanes) is 7. The number of benzene rings is 1. The smallest absolute Gasteiger partial charge is 0.411 e. The summed E-state index contributed by atoms with van der Waals surface area (Å²) in [5.74, 6) is -0.0482. The molecule has 0 radical (unpaired) electrons. The van der Waals surface area contributed by atoms with Gasteiger partial charge in [0.05, 0.1) is 12.0 Å². The van der Waals surface area contributed by atoms with Crippen molar-refractivity contribution in [1.82, 2.24) is 0 Å². The highest BCUT2D eigenvalue weighted by Crippen LogP contribution is 2.29. The van der Waals surface area contributed by atoms with Crippen LogP contribution in [0.2, 0.25) is 0 Å². The Morgan fingerprint density at radius 3 is 2.06 bits per heavy atom. The van der Waals surface area contributed by atoms with Crippen molar-refractivity contribution >= 4 is 5.97 Å². The first-order valence-electron chi connectivity index (χ1n) is 11.9. The van der Waals surface area contributed by atoms with E-state index in [1.165, 1.54) is 56.9 Å². The van der Waals surface area contributed by atoms with Gasteiger partial charge >= 0.3 is 12.1 Å². The first-order chi connectivity index (χ1) is 14.9. The monoisotopic (exact) mass is 442 g/mol. The van der Waals surface area contributed by atoms with Gasteiger partial charge in [0.1, 0.15) is 12.4 Å². The third-order valence-corrected chi connectivity index (χ3v) is 5.95. The first-order valence-corrected chi connectivity index (χ1v) is 11.9. The molecule has 31 heavy (non-hydrogen) atoms. The van der Waals surface area contributed by atoms with E-state index in [2.05, 4.69) is 6.92 Å². The number of rotatable bonds is 13. The summed E-state index contributed by atoms with van der Waals surface area (Å²) < 4.78 is 47.1. The maximum atomic E-state index is 12.4. The van der Waals surface area contributed by atoms with E-state index in [4.69, 9.17) is 9.47 Å². The molecule has 6 heteroatoms. The molecular weight excluding hydrogens is 405 g/mol. The fourth-order valence-corrected chi connectivity index (χ4v) is 4.06. The second kappa shape index (κ2) is 13.8. The number of carbonyl (C=O) groups excluding carboxylic acids is 1. The van der Waals surface area contributed by atoms with Crippen LogP contribution in [0.15, 0.2) is 24.3 Å². The van der Waals surface area contributed by atoms with Gasteiger partial charge in [-0.2, -0.15) is 13.2 Å². The van der Waals surface area contributed by atoms with Crippen molar-refractivity contribution in [2.24, 2.45) is 5.92 Å². The molecule has 0 spiro atoms. The lowest BCUT2D eigenvalue weighted by molar-refractivity contribution is -0.189. The van der Waals surface area contributed by atoms with Gasteiger partial charge in [-0.25, -0.2) is 0 Å². The van der Waals surface area contributed by atoms with Gasteiger partial charge in [-0.05, 0) is 56.2 Å². The molecule has 0 amide bonds. The first kappa shape index (κ1) is 25.7. The van der Waals surface area contributed by atoms with E-state index in [1.54, 1.807) is 0 Å². The standard InChI is InChI=1S/C25H37F3O3/c1-2-3-4-5-6-7-8-9-10-20-11-15-23(16-12-20)31-24(29)21-13-17-22(18-14-21)30-19-25(26,27)28/h11-12,15-16,21-22H,2-10,13-14,17-19H2,1H3/t21-,22-. The Morgan fingerprint density at radius 1 is 0.903 bits per heavy atom. The second-order valence-electron chi connectivity index (χ2n) is 8.69. The van der Waals surface area contributed by atoms with Gasteiger partial charge in [0, 0.05) is 0 Å². The van der Waals surface area contributed by atoms with Gasteiger partial charge in [-0.15, -0.1) is 0 Å². The van der Waals surface area contributed by atoms with Crippen molar-refractivity contribution in [3.8, 4) is 5.75 Å². The summed E-state index contributed by atoms with van der Waals surface area (Å²) in [6.45, 7) is 1.01. The molecular formula is C25H37F3O3. The fraction of sp³-hybridized carbons (Fsp3) is 0.720. The zero-order valence-electron chi connectivity index (χ0n) is 18.7. The number of ether oxygens (including phenoxy) is 2. The van der Waals surface area contributed by atoms with Crippen LogP contribution in [0, 0.1) is 5.92 Å². The van der Waals surface area contributed by atoms with Crippen LogP contribution < -0.4 is 4.74 Å². The fourth-order valence-electron chi connectivity index (χ4n) is 4.06. The molecule has 1 aliphatic rings. The van der Waals surface area contributed by atoms with Crippen LogP contribution in [0.3, 0.4) is 0 Å². The van der Waals surface area contributed by atoms with E-state index in [1.807, 2.05) is 24.3 Å². The maximum Gasteiger partial charge on any atom is 0.411 e. The van der Waals surface area contributed by atoms with Gasteiger partial charge in [-0.1, -0.05) is 64.0 Å². The Bertz CT molecular complexity index is 620. The molecule has 1 saturated carbocycles. The lowest BCUT2D eigenvalue weighted by Crippen LogP contribution is -2.31. The molecule has 0 bridgehead atoms. The molecule has 176 valence electrons. The summed E-state index contributed by atoms with van der Waals surface area (Å²) >= 11 is 0. The van der Waals surface area contributed by atoms with E-state index in [-0.39, 0.29) is 11.9 Å². The van der Waals surface area contributed by atoms with Crippen molar-refractivity contribution in [3.63, 3.8) is 0 Å². The van der Waals surface area contributed by atoms with Crippen molar-refractivity contribution < 1.29 is 27.4 Å². The quantitative estimate of drug-likeness (QED) is 0.181. The number of carbonyl (C=O) groups is 1. The Morgan fingerprint density at radius 2 is 1.48 bits per heavy atom. The van der Waals surface area contributed by atoms with E-state index in [0.717, 1.165) is 6.42 Å². The molecule has 1 fully saturated rings. The van der Waals surface area contributed by atoms with E-state index in [0.29, 0.717) is 31.4 Å². The molecule has 1 aromatic rings. The van der Waals surface area contributed by atoms with Crippen LogP contribution in [-0.2, 0) is 16.0 Å². The van der Waals surface area contributed by atoms with Crippen LogP contribution in [0.1, 0.15) is 89.5 Å². The second-order valence-corrected chi connectivity index (χ2v) is 8.69. The molecule has 2 rings (SSSR count). The lowest BCUT2D eigenvalue weighted by atomic mass is 9.87. The zero-order chi connectivity index (χ0) is 22.5. The van der Waals surface area contributed by atoms with Gasteiger partial charge in [0.15, 0.2) is 0 Å². The van der Waals surface area contributed by atoms with Gasteiger partial charge in [-0.3, -0.25) is 4.79 Å². The minimum absolute atomic E-state index is 0.275. The summed E-state index contributed by atoms with van der Waals surface area (Å²) in [6.07, 6.45) is 8.55. The Balaban J connectivity index is 1.61. The average Bonchev–Trinajstić information content (AvgIpc) is 2.75. The van der Waals surface area contributed by atoms with Crippen molar-refractivity contribution in [1.29, 1.82) is 0 Å². The summed E-state index contributed by atoms with van der Waals surface area (Å²) in [7, 11) is 0. The molecule has 0 atom stereocenters.